The Morgan fingerprint density at radius 2 is 1.79 bits per heavy atom. The lowest BCUT2D eigenvalue weighted by Crippen LogP contribution is -2.05. The highest BCUT2D eigenvalue weighted by Crippen LogP contribution is 2.31. The topological polar surface area (TPSA) is 101 Å². The molecule has 0 saturated carbocycles. The first-order valence-corrected chi connectivity index (χ1v) is 10.8. The van der Waals surface area contributed by atoms with Gasteiger partial charge in [0.2, 0.25) is 17.8 Å². The Morgan fingerprint density at radius 3 is 2.48 bits per heavy atom. The third-order valence-electron chi connectivity index (χ3n) is 4.40. The van der Waals surface area contributed by atoms with Crippen molar-refractivity contribution in [3.8, 4) is 23.0 Å². The summed E-state index contributed by atoms with van der Waals surface area (Å²) in [6, 6.07) is 13.6. The van der Waals surface area contributed by atoms with E-state index in [1.54, 1.807) is 37.4 Å². The maximum absolute atomic E-state index is 12.9. The molecule has 2 aromatic heterocycles. The van der Waals surface area contributed by atoms with Crippen molar-refractivity contribution in [1.29, 1.82) is 0 Å². The van der Waals surface area contributed by atoms with E-state index >= 15 is 0 Å². The SMILES string of the molecule is CNc1nc(Oc2ccc(-c3nnc(Nc4cccc(C(F)(F)F)c4)[nH]3)cc2)cc(SC)n1. The van der Waals surface area contributed by atoms with Gasteiger partial charge in [0, 0.05) is 24.4 Å². The van der Waals surface area contributed by atoms with Crippen LogP contribution in [0.15, 0.2) is 59.6 Å². The molecule has 0 aliphatic carbocycles. The zero-order valence-electron chi connectivity index (χ0n) is 17.4. The molecule has 2 aromatic carbocycles. The summed E-state index contributed by atoms with van der Waals surface area (Å²) in [6.45, 7) is 0. The largest absolute Gasteiger partial charge is 0.439 e. The molecule has 12 heteroatoms. The molecule has 0 unspecified atom stereocenters. The zero-order valence-corrected chi connectivity index (χ0v) is 18.3. The Balaban J connectivity index is 1.46. The number of halogens is 3. The van der Waals surface area contributed by atoms with E-state index in [0.717, 1.165) is 22.7 Å². The molecule has 0 aliphatic heterocycles. The van der Waals surface area contributed by atoms with E-state index in [9.17, 15) is 13.2 Å². The lowest BCUT2D eigenvalue weighted by Gasteiger charge is -2.09. The molecule has 170 valence electrons. The Hall–Kier alpha value is -3.80. The summed E-state index contributed by atoms with van der Waals surface area (Å²) < 4.78 is 44.5. The minimum absolute atomic E-state index is 0.217. The van der Waals surface area contributed by atoms with Gasteiger partial charge in [-0.15, -0.1) is 22.0 Å². The normalized spacial score (nSPS) is 11.3. The Kier molecular flexibility index (Phi) is 6.36. The molecule has 3 N–H and O–H groups in total. The van der Waals surface area contributed by atoms with Crippen LogP contribution in [0, 0.1) is 0 Å². The maximum atomic E-state index is 12.9. The minimum Gasteiger partial charge on any atom is -0.439 e. The molecule has 0 fully saturated rings. The summed E-state index contributed by atoms with van der Waals surface area (Å²) in [4.78, 5) is 11.5. The number of ether oxygens (including phenoxy) is 1. The second-order valence-corrected chi connectivity index (χ2v) is 7.50. The number of hydrogen-bond donors (Lipinski definition) is 3. The van der Waals surface area contributed by atoms with E-state index in [1.807, 2.05) is 6.26 Å². The third-order valence-corrected chi connectivity index (χ3v) is 5.03. The number of nitrogens with one attached hydrogen (secondary N) is 3. The third kappa shape index (κ3) is 5.52. The van der Waals surface area contributed by atoms with Crippen LogP contribution < -0.4 is 15.4 Å². The second-order valence-electron chi connectivity index (χ2n) is 6.67. The molecule has 0 saturated heterocycles. The van der Waals surface area contributed by atoms with Crippen LogP contribution in [-0.4, -0.2) is 38.5 Å². The monoisotopic (exact) mass is 473 g/mol. The Morgan fingerprint density at radius 1 is 1.00 bits per heavy atom. The van der Waals surface area contributed by atoms with Crippen LogP contribution in [0.3, 0.4) is 0 Å². The molecule has 8 nitrogen and oxygen atoms in total. The first-order valence-electron chi connectivity index (χ1n) is 9.60. The van der Waals surface area contributed by atoms with Crippen LogP contribution >= 0.6 is 11.8 Å². The van der Waals surface area contributed by atoms with Gasteiger partial charge >= 0.3 is 6.18 Å². The summed E-state index contributed by atoms with van der Waals surface area (Å²) in [6.07, 6.45) is -2.51. The molecule has 33 heavy (non-hydrogen) atoms. The first kappa shape index (κ1) is 22.4. The zero-order chi connectivity index (χ0) is 23.4. The van der Waals surface area contributed by atoms with Gasteiger partial charge in [-0.2, -0.15) is 18.2 Å². The van der Waals surface area contributed by atoms with Gasteiger partial charge in [0.05, 0.1) is 5.56 Å². The fraction of sp³-hybridized carbons (Fsp3) is 0.143. The van der Waals surface area contributed by atoms with Gasteiger partial charge in [-0.25, -0.2) is 4.98 Å². The smallest absolute Gasteiger partial charge is 0.416 e. The summed E-state index contributed by atoms with van der Waals surface area (Å²) in [5, 5.41) is 14.5. The number of thioether (sulfide) groups is 1. The minimum atomic E-state index is -4.43. The van der Waals surface area contributed by atoms with Crippen molar-refractivity contribution in [1.82, 2.24) is 25.1 Å². The van der Waals surface area contributed by atoms with Crippen molar-refractivity contribution in [2.75, 3.05) is 23.9 Å². The quantitative estimate of drug-likeness (QED) is 0.236. The average Bonchev–Trinajstić information content (AvgIpc) is 3.27. The molecule has 2 heterocycles. The highest BCUT2D eigenvalue weighted by Gasteiger charge is 2.30. The summed E-state index contributed by atoms with van der Waals surface area (Å²) >= 11 is 1.48. The van der Waals surface area contributed by atoms with Crippen molar-refractivity contribution in [2.24, 2.45) is 0 Å². The molecule has 0 amide bonds. The standard InChI is InChI=1S/C21H18F3N7OS/c1-25-19-27-16(11-17(28-19)33-2)32-15-8-6-12(7-9-15)18-29-20(31-30-18)26-14-5-3-4-13(10-14)21(22,23)24/h3-11H,1-2H3,(H,25,27,28)(H2,26,29,30,31). The Labute approximate surface area is 191 Å². The number of hydrogen-bond acceptors (Lipinski definition) is 8. The lowest BCUT2D eigenvalue weighted by atomic mass is 10.2. The van der Waals surface area contributed by atoms with Gasteiger partial charge < -0.3 is 20.4 Å². The van der Waals surface area contributed by atoms with Crippen LogP contribution in [0.25, 0.3) is 11.4 Å². The highest BCUT2D eigenvalue weighted by atomic mass is 32.2. The Bertz CT molecular complexity index is 1220. The van der Waals surface area contributed by atoms with Gasteiger partial charge in [-0.3, -0.25) is 0 Å². The van der Waals surface area contributed by atoms with Gasteiger partial charge in [-0.1, -0.05) is 6.07 Å². The van der Waals surface area contributed by atoms with E-state index in [4.69, 9.17) is 4.74 Å². The van der Waals surface area contributed by atoms with Crippen molar-refractivity contribution in [2.45, 2.75) is 11.2 Å². The molecular weight excluding hydrogens is 455 g/mol. The second kappa shape index (κ2) is 9.36. The van der Waals surface area contributed by atoms with Crippen LogP contribution in [0.5, 0.6) is 11.6 Å². The molecular formula is C21H18F3N7OS. The molecule has 0 aliphatic rings. The van der Waals surface area contributed by atoms with E-state index in [2.05, 4.69) is 35.8 Å². The summed E-state index contributed by atoms with van der Waals surface area (Å²) in [7, 11) is 1.73. The summed E-state index contributed by atoms with van der Waals surface area (Å²) in [5.41, 5.74) is 0.208. The molecule has 0 atom stereocenters. The van der Waals surface area contributed by atoms with Crippen molar-refractivity contribution < 1.29 is 17.9 Å². The van der Waals surface area contributed by atoms with E-state index in [-0.39, 0.29) is 11.6 Å². The lowest BCUT2D eigenvalue weighted by molar-refractivity contribution is -0.137. The van der Waals surface area contributed by atoms with Gasteiger partial charge in [0.1, 0.15) is 10.8 Å². The number of benzene rings is 2. The molecule has 4 rings (SSSR count). The molecule has 0 spiro atoms. The average molecular weight is 473 g/mol. The number of aromatic amines is 1. The highest BCUT2D eigenvalue weighted by molar-refractivity contribution is 7.98. The van der Waals surface area contributed by atoms with E-state index in [1.165, 1.54) is 23.9 Å². The predicted molar refractivity (Wildman–Crippen MR) is 120 cm³/mol. The predicted octanol–water partition coefficient (Wildman–Crippen LogP) is 5.58. The van der Waals surface area contributed by atoms with Crippen molar-refractivity contribution >= 4 is 29.3 Å². The number of nitrogens with zero attached hydrogens (tertiary/aromatic N) is 4. The molecule has 0 radical (unpaired) electrons. The maximum Gasteiger partial charge on any atom is 0.416 e. The number of anilines is 3. The van der Waals surface area contributed by atoms with Crippen LogP contribution in [-0.2, 0) is 6.18 Å². The van der Waals surface area contributed by atoms with Gasteiger partial charge in [0.15, 0.2) is 5.82 Å². The van der Waals surface area contributed by atoms with Crippen molar-refractivity contribution in [3.63, 3.8) is 0 Å². The van der Waals surface area contributed by atoms with E-state index < -0.39 is 11.7 Å². The number of alkyl halides is 3. The fourth-order valence-electron chi connectivity index (χ4n) is 2.83. The summed E-state index contributed by atoms with van der Waals surface area (Å²) in [5.74, 6) is 2.08. The van der Waals surface area contributed by atoms with Crippen LogP contribution in [0.4, 0.5) is 30.8 Å². The van der Waals surface area contributed by atoms with Crippen molar-refractivity contribution in [3.05, 3.63) is 60.2 Å². The fourth-order valence-corrected chi connectivity index (χ4v) is 3.23. The molecule has 4 aromatic rings. The number of rotatable bonds is 7. The van der Waals surface area contributed by atoms with Gasteiger partial charge in [-0.05, 0) is 48.7 Å². The van der Waals surface area contributed by atoms with Crippen LogP contribution in [0.1, 0.15) is 5.56 Å². The van der Waals surface area contributed by atoms with E-state index in [0.29, 0.717) is 23.4 Å². The first-order chi connectivity index (χ1) is 15.8. The molecule has 0 bridgehead atoms. The van der Waals surface area contributed by atoms with Crippen LogP contribution in [0.2, 0.25) is 0 Å². The number of aromatic nitrogens is 5. The van der Waals surface area contributed by atoms with Gasteiger partial charge in [0.25, 0.3) is 0 Å². The number of H-pyrrole nitrogens is 1.